The van der Waals surface area contributed by atoms with E-state index >= 15 is 0 Å². The van der Waals surface area contributed by atoms with Gasteiger partial charge in [0, 0.05) is 6.42 Å². The molecule has 1 atom stereocenters. The molecule has 0 bridgehead atoms. The average Bonchev–Trinajstić information content (AvgIpc) is 2.66. The fourth-order valence-electron chi connectivity index (χ4n) is 1.37. The van der Waals surface area contributed by atoms with Crippen LogP contribution in [0.5, 0.6) is 5.75 Å². The van der Waals surface area contributed by atoms with Gasteiger partial charge in [0.05, 0.1) is 12.7 Å². The lowest BCUT2D eigenvalue weighted by atomic mass is 10.1. The van der Waals surface area contributed by atoms with Gasteiger partial charge in [0.15, 0.2) is 4.99 Å². The van der Waals surface area contributed by atoms with Crippen LogP contribution in [0.4, 0.5) is 0 Å². The lowest BCUT2D eigenvalue weighted by Crippen LogP contribution is -2.31. The van der Waals surface area contributed by atoms with Crippen LogP contribution < -0.4 is 9.46 Å². The van der Waals surface area contributed by atoms with E-state index in [4.69, 9.17) is 4.74 Å². The lowest BCUT2D eigenvalue weighted by Gasteiger charge is -2.19. The van der Waals surface area contributed by atoms with Crippen LogP contribution >= 0.6 is 24.6 Å². The molecule has 1 aromatic rings. The molecular formula is C10H12N2OS2. The van der Waals surface area contributed by atoms with Crippen molar-refractivity contribution in [2.75, 3.05) is 7.11 Å². The van der Waals surface area contributed by atoms with Crippen LogP contribution in [-0.2, 0) is 6.42 Å². The Morgan fingerprint density at radius 3 is 2.73 bits per heavy atom. The Morgan fingerprint density at radius 2 is 2.20 bits per heavy atom. The largest absolute Gasteiger partial charge is 0.497 e. The number of hydrogen-bond acceptors (Lipinski definition) is 5. The fraction of sp³-hybridized carbons (Fsp3) is 0.300. The third-order valence-electron chi connectivity index (χ3n) is 2.15. The molecule has 2 rings (SSSR count). The van der Waals surface area contributed by atoms with Crippen LogP contribution in [0.1, 0.15) is 5.56 Å². The number of methoxy groups -OCH3 is 1. The SMILES string of the molecule is COc1ccc(CC2(S)N=CSN2)cc1. The first-order valence-electron chi connectivity index (χ1n) is 4.54. The standard InChI is InChI=1S/C10H12N2OS2/c1-13-9-4-2-8(3-5-9)6-10(14)11-7-15-12-10/h2-5,7,12,14H,6H2,1H3. The maximum atomic E-state index is 5.10. The van der Waals surface area contributed by atoms with Crippen LogP contribution in [-0.4, -0.2) is 17.7 Å². The summed E-state index contributed by atoms with van der Waals surface area (Å²) in [6, 6.07) is 7.94. The molecular weight excluding hydrogens is 228 g/mol. The number of benzene rings is 1. The lowest BCUT2D eigenvalue weighted by molar-refractivity contribution is 0.414. The first-order valence-corrected chi connectivity index (χ1v) is 5.86. The second kappa shape index (κ2) is 4.47. The topological polar surface area (TPSA) is 33.6 Å². The van der Waals surface area contributed by atoms with Gasteiger partial charge in [0.2, 0.25) is 0 Å². The summed E-state index contributed by atoms with van der Waals surface area (Å²) in [5, 5.41) is 0. The molecule has 1 aliphatic heterocycles. The molecule has 0 amide bonds. The number of rotatable bonds is 3. The molecule has 1 N–H and O–H groups in total. The van der Waals surface area contributed by atoms with Gasteiger partial charge in [-0.2, -0.15) is 0 Å². The van der Waals surface area contributed by atoms with E-state index in [9.17, 15) is 0 Å². The molecule has 0 aliphatic carbocycles. The third kappa shape index (κ3) is 2.68. The maximum Gasteiger partial charge on any atom is 0.168 e. The fourth-order valence-corrected chi connectivity index (χ4v) is 2.45. The Morgan fingerprint density at radius 1 is 1.47 bits per heavy atom. The van der Waals surface area contributed by atoms with Gasteiger partial charge in [0.1, 0.15) is 5.75 Å². The number of hydrogen-bond donors (Lipinski definition) is 2. The predicted molar refractivity (Wildman–Crippen MR) is 67.6 cm³/mol. The molecule has 5 heteroatoms. The summed E-state index contributed by atoms with van der Waals surface area (Å²) in [4.78, 5) is 3.79. The summed E-state index contributed by atoms with van der Waals surface area (Å²) >= 11 is 5.95. The number of ether oxygens (including phenoxy) is 1. The quantitative estimate of drug-likeness (QED) is 0.627. The van der Waals surface area contributed by atoms with E-state index in [0.717, 1.165) is 12.2 Å². The molecule has 0 spiro atoms. The van der Waals surface area contributed by atoms with Crippen LogP contribution in [0.15, 0.2) is 29.3 Å². The molecule has 80 valence electrons. The average molecular weight is 240 g/mol. The van der Waals surface area contributed by atoms with Gasteiger partial charge in [-0.05, 0) is 29.6 Å². The van der Waals surface area contributed by atoms with E-state index in [1.54, 1.807) is 12.7 Å². The summed E-state index contributed by atoms with van der Waals surface area (Å²) in [7, 11) is 1.66. The molecule has 1 unspecified atom stereocenters. The maximum absolute atomic E-state index is 5.10. The van der Waals surface area contributed by atoms with Crippen LogP contribution in [0.3, 0.4) is 0 Å². The highest BCUT2D eigenvalue weighted by molar-refractivity contribution is 8.11. The smallest absolute Gasteiger partial charge is 0.168 e. The van der Waals surface area contributed by atoms with E-state index in [1.807, 2.05) is 24.3 Å². The minimum atomic E-state index is -0.473. The predicted octanol–water partition coefficient (Wildman–Crippen LogP) is 2.10. The molecule has 0 radical (unpaired) electrons. The monoisotopic (exact) mass is 240 g/mol. The summed E-state index contributed by atoms with van der Waals surface area (Å²) in [5.74, 6) is 0.865. The van der Waals surface area contributed by atoms with Gasteiger partial charge >= 0.3 is 0 Å². The van der Waals surface area contributed by atoms with Crippen molar-refractivity contribution in [1.82, 2.24) is 4.72 Å². The van der Waals surface area contributed by atoms with E-state index < -0.39 is 4.99 Å². The summed E-state index contributed by atoms with van der Waals surface area (Å²) in [6.45, 7) is 0. The van der Waals surface area contributed by atoms with Crippen LogP contribution in [0.2, 0.25) is 0 Å². The van der Waals surface area contributed by atoms with Crippen molar-refractivity contribution in [1.29, 1.82) is 0 Å². The zero-order chi connectivity index (χ0) is 10.7. The third-order valence-corrected chi connectivity index (χ3v) is 3.35. The second-order valence-corrected chi connectivity index (χ2v) is 4.69. The second-order valence-electron chi connectivity index (χ2n) is 3.30. The molecule has 1 heterocycles. The number of aliphatic imine (C=N–C) groups is 1. The molecule has 0 saturated carbocycles. The van der Waals surface area contributed by atoms with Crippen molar-refractivity contribution in [3.8, 4) is 5.75 Å². The molecule has 1 aromatic carbocycles. The zero-order valence-corrected chi connectivity index (χ0v) is 10.0. The Labute approximate surface area is 98.9 Å². The molecule has 1 aliphatic rings. The number of nitrogens with one attached hydrogen (secondary N) is 1. The zero-order valence-electron chi connectivity index (χ0n) is 8.30. The first-order chi connectivity index (χ1) is 7.22. The minimum absolute atomic E-state index is 0.473. The normalized spacial score (nSPS) is 24.4. The van der Waals surface area contributed by atoms with E-state index in [-0.39, 0.29) is 0 Å². The van der Waals surface area contributed by atoms with Crippen LogP contribution in [0.25, 0.3) is 0 Å². The van der Waals surface area contributed by atoms with Crippen molar-refractivity contribution in [2.24, 2.45) is 4.99 Å². The van der Waals surface area contributed by atoms with Gasteiger partial charge in [-0.25, -0.2) is 4.72 Å². The van der Waals surface area contributed by atoms with Crippen molar-refractivity contribution >= 4 is 30.1 Å². The number of thiol groups is 1. The Bertz CT molecular complexity index is 366. The Hall–Kier alpha value is -0.650. The van der Waals surface area contributed by atoms with Crippen molar-refractivity contribution in [2.45, 2.75) is 11.4 Å². The molecule has 3 nitrogen and oxygen atoms in total. The van der Waals surface area contributed by atoms with Crippen molar-refractivity contribution in [3.63, 3.8) is 0 Å². The van der Waals surface area contributed by atoms with E-state index in [2.05, 4.69) is 22.3 Å². The highest BCUT2D eigenvalue weighted by atomic mass is 32.2. The molecule has 0 aromatic heterocycles. The summed E-state index contributed by atoms with van der Waals surface area (Å²) < 4.78 is 8.23. The molecule has 0 fully saturated rings. The summed E-state index contributed by atoms with van der Waals surface area (Å²) in [6.07, 6.45) is 0.754. The van der Waals surface area contributed by atoms with Gasteiger partial charge in [0.25, 0.3) is 0 Å². The number of nitrogens with zero attached hydrogens (tertiary/aromatic N) is 1. The molecule has 0 saturated heterocycles. The van der Waals surface area contributed by atoms with Gasteiger partial charge in [-0.15, -0.1) is 12.6 Å². The van der Waals surface area contributed by atoms with Gasteiger partial charge < -0.3 is 4.74 Å². The van der Waals surface area contributed by atoms with Gasteiger partial charge in [-0.3, -0.25) is 4.99 Å². The minimum Gasteiger partial charge on any atom is -0.497 e. The Balaban J connectivity index is 2.07. The van der Waals surface area contributed by atoms with Crippen molar-refractivity contribution in [3.05, 3.63) is 29.8 Å². The first kappa shape index (κ1) is 10.9. The summed E-state index contributed by atoms with van der Waals surface area (Å²) in [5.41, 5.74) is 2.95. The highest BCUT2D eigenvalue weighted by Gasteiger charge is 2.27. The van der Waals surface area contributed by atoms with E-state index in [1.165, 1.54) is 17.5 Å². The highest BCUT2D eigenvalue weighted by Crippen LogP contribution is 2.26. The van der Waals surface area contributed by atoms with Crippen LogP contribution in [0, 0.1) is 0 Å². The Kier molecular flexibility index (Phi) is 3.23. The van der Waals surface area contributed by atoms with Crippen molar-refractivity contribution < 1.29 is 4.74 Å². The van der Waals surface area contributed by atoms with Gasteiger partial charge in [-0.1, -0.05) is 12.1 Å². The van der Waals surface area contributed by atoms with E-state index in [0.29, 0.717) is 0 Å². The molecule has 15 heavy (non-hydrogen) atoms.